The summed E-state index contributed by atoms with van der Waals surface area (Å²) in [6.07, 6.45) is 3.37. The molecule has 0 unspecified atom stereocenters. The first-order valence-corrected chi connectivity index (χ1v) is 7.62. The molecule has 0 fully saturated rings. The summed E-state index contributed by atoms with van der Waals surface area (Å²) in [5.41, 5.74) is 1.99. The molecule has 1 amide bonds. The molecule has 0 saturated carbocycles. The Labute approximate surface area is 136 Å². The van der Waals surface area contributed by atoms with Gasteiger partial charge in [0.05, 0.1) is 6.61 Å². The molecule has 23 heavy (non-hydrogen) atoms. The lowest BCUT2D eigenvalue weighted by atomic mass is 10.2. The van der Waals surface area contributed by atoms with Gasteiger partial charge in [0, 0.05) is 6.54 Å². The highest BCUT2D eigenvalue weighted by Gasteiger charge is 2.00. The Kier molecular flexibility index (Phi) is 6.72. The zero-order chi connectivity index (χ0) is 16.3. The Morgan fingerprint density at radius 3 is 2.74 bits per heavy atom. The standard InChI is InChI=1S/C19H21NO3/c1-2-22-18-12-6-10-16(14-18)11-7-13-20-19(21)23-15-17-8-4-3-5-9-17/h3-12,14H,2,13,15H2,1H3,(H,20,21). The molecule has 0 radical (unpaired) electrons. The summed E-state index contributed by atoms with van der Waals surface area (Å²) in [5, 5.41) is 2.68. The average molecular weight is 311 g/mol. The van der Waals surface area contributed by atoms with Crippen molar-refractivity contribution in [3.05, 3.63) is 71.8 Å². The van der Waals surface area contributed by atoms with Crippen molar-refractivity contribution in [1.82, 2.24) is 5.32 Å². The maximum Gasteiger partial charge on any atom is 0.407 e. The highest BCUT2D eigenvalue weighted by Crippen LogP contribution is 2.14. The van der Waals surface area contributed by atoms with Gasteiger partial charge in [0.1, 0.15) is 12.4 Å². The molecule has 120 valence electrons. The molecule has 0 saturated heterocycles. The van der Waals surface area contributed by atoms with Crippen LogP contribution in [0.5, 0.6) is 5.75 Å². The van der Waals surface area contributed by atoms with Gasteiger partial charge in [-0.3, -0.25) is 0 Å². The van der Waals surface area contributed by atoms with Gasteiger partial charge in [-0.05, 0) is 30.2 Å². The molecule has 0 heterocycles. The van der Waals surface area contributed by atoms with Crippen LogP contribution in [0.15, 0.2) is 60.7 Å². The summed E-state index contributed by atoms with van der Waals surface area (Å²) < 4.78 is 10.6. The third-order valence-electron chi connectivity index (χ3n) is 3.06. The number of rotatable bonds is 7. The molecule has 2 aromatic rings. The van der Waals surface area contributed by atoms with Crippen LogP contribution < -0.4 is 10.1 Å². The van der Waals surface area contributed by atoms with Crippen molar-refractivity contribution in [3.63, 3.8) is 0 Å². The summed E-state index contributed by atoms with van der Waals surface area (Å²) in [7, 11) is 0. The van der Waals surface area contributed by atoms with E-state index in [4.69, 9.17) is 9.47 Å². The van der Waals surface area contributed by atoms with Crippen molar-refractivity contribution >= 4 is 12.2 Å². The minimum absolute atomic E-state index is 0.271. The second-order valence-electron chi connectivity index (χ2n) is 4.85. The molecular formula is C19H21NO3. The van der Waals surface area contributed by atoms with Crippen LogP contribution in [-0.2, 0) is 11.3 Å². The van der Waals surface area contributed by atoms with Crippen molar-refractivity contribution < 1.29 is 14.3 Å². The van der Waals surface area contributed by atoms with E-state index in [2.05, 4.69) is 5.32 Å². The summed E-state index contributed by atoms with van der Waals surface area (Å²) in [6, 6.07) is 17.4. The van der Waals surface area contributed by atoms with Gasteiger partial charge in [-0.15, -0.1) is 0 Å². The minimum Gasteiger partial charge on any atom is -0.494 e. The van der Waals surface area contributed by atoms with E-state index in [1.807, 2.05) is 73.7 Å². The van der Waals surface area contributed by atoms with Gasteiger partial charge < -0.3 is 14.8 Å². The number of carbonyl (C=O) groups excluding carboxylic acids is 1. The third kappa shape index (κ3) is 6.26. The maximum absolute atomic E-state index is 11.6. The lowest BCUT2D eigenvalue weighted by molar-refractivity contribution is 0.141. The van der Waals surface area contributed by atoms with Crippen molar-refractivity contribution in [2.24, 2.45) is 0 Å². The van der Waals surface area contributed by atoms with Crippen LogP contribution in [0.4, 0.5) is 4.79 Å². The van der Waals surface area contributed by atoms with E-state index >= 15 is 0 Å². The first kappa shape index (κ1) is 16.6. The molecule has 2 aromatic carbocycles. The molecule has 0 aromatic heterocycles. The number of benzene rings is 2. The van der Waals surface area contributed by atoms with Crippen LogP contribution in [0.3, 0.4) is 0 Å². The number of ether oxygens (including phenoxy) is 2. The predicted molar refractivity (Wildman–Crippen MR) is 91.3 cm³/mol. The number of nitrogens with one attached hydrogen (secondary N) is 1. The van der Waals surface area contributed by atoms with Gasteiger partial charge in [-0.1, -0.05) is 54.6 Å². The number of hydrogen-bond acceptors (Lipinski definition) is 3. The smallest absolute Gasteiger partial charge is 0.407 e. The van der Waals surface area contributed by atoms with E-state index in [1.165, 1.54) is 0 Å². The van der Waals surface area contributed by atoms with Gasteiger partial charge in [-0.25, -0.2) is 4.79 Å². The van der Waals surface area contributed by atoms with E-state index in [9.17, 15) is 4.79 Å². The van der Waals surface area contributed by atoms with Gasteiger partial charge in [0.2, 0.25) is 0 Å². The van der Waals surface area contributed by atoms with Crippen LogP contribution in [0.1, 0.15) is 18.1 Å². The van der Waals surface area contributed by atoms with Gasteiger partial charge in [0.15, 0.2) is 0 Å². The zero-order valence-electron chi connectivity index (χ0n) is 13.2. The first-order valence-electron chi connectivity index (χ1n) is 7.62. The van der Waals surface area contributed by atoms with Crippen molar-refractivity contribution in [2.45, 2.75) is 13.5 Å². The zero-order valence-corrected chi connectivity index (χ0v) is 13.2. The molecular weight excluding hydrogens is 290 g/mol. The molecule has 0 aliphatic rings. The second kappa shape index (κ2) is 9.30. The molecule has 1 N–H and O–H groups in total. The van der Waals surface area contributed by atoms with E-state index in [0.717, 1.165) is 16.9 Å². The van der Waals surface area contributed by atoms with Crippen molar-refractivity contribution in [3.8, 4) is 5.75 Å². The fourth-order valence-corrected chi connectivity index (χ4v) is 1.99. The monoisotopic (exact) mass is 311 g/mol. The van der Waals surface area contributed by atoms with Crippen LogP contribution in [0.25, 0.3) is 6.08 Å². The fourth-order valence-electron chi connectivity index (χ4n) is 1.99. The largest absolute Gasteiger partial charge is 0.494 e. The lowest BCUT2D eigenvalue weighted by Crippen LogP contribution is -2.24. The van der Waals surface area contributed by atoms with E-state index in [-0.39, 0.29) is 6.61 Å². The molecule has 0 aliphatic carbocycles. The Bertz CT molecular complexity index is 638. The minimum atomic E-state index is -0.429. The van der Waals surface area contributed by atoms with E-state index < -0.39 is 6.09 Å². The van der Waals surface area contributed by atoms with Gasteiger partial charge in [0.25, 0.3) is 0 Å². The highest BCUT2D eigenvalue weighted by molar-refractivity contribution is 5.67. The van der Waals surface area contributed by atoms with Gasteiger partial charge in [-0.2, -0.15) is 0 Å². The summed E-state index contributed by atoms with van der Waals surface area (Å²) in [4.78, 5) is 11.6. The van der Waals surface area contributed by atoms with E-state index in [0.29, 0.717) is 13.2 Å². The fraction of sp³-hybridized carbons (Fsp3) is 0.211. The predicted octanol–water partition coefficient (Wildman–Crippen LogP) is 4.02. The Hall–Kier alpha value is -2.75. The SMILES string of the molecule is CCOc1cccc(C=CCNC(=O)OCc2ccccc2)c1. The Balaban J connectivity index is 1.71. The molecule has 4 nitrogen and oxygen atoms in total. The first-order chi connectivity index (χ1) is 11.3. The van der Waals surface area contributed by atoms with Crippen LogP contribution in [-0.4, -0.2) is 19.2 Å². The normalized spacial score (nSPS) is 10.5. The number of carbonyl (C=O) groups is 1. The average Bonchev–Trinajstić information content (AvgIpc) is 2.58. The van der Waals surface area contributed by atoms with Crippen molar-refractivity contribution in [1.29, 1.82) is 0 Å². The summed E-state index contributed by atoms with van der Waals surface area (Å²) in [5.74, 6) is 0.838. The van der Waals surface area contributed by atoms with Gasteiger partial charge >= 0.3 is 6.09 Å². The molecule has 4 heteroatoms. The quantitative estimate of drug-likeness (QED) is 0.840. The topological polar surface area (TPSA) is 47.6 Å². The van der Waals surface area contributed by atoms with Crippen LogP contribution in [0, 0.1) is 0 Å². The molecule has 2 rings (SSSR count). The molecule has 0 spiro atoms. The van der Waals surface area contributed by atoms with Crippen LogP contribution >= 0.6 is 0 Å². The lowest BCUT2D eigenvalue weighted by Gasteiger charge is -2.05. The third-order valence-corrected chi connectivity index (χ3v) is 3.06. The second-order valence-corrected chi connectivity index (χ2v) is 4.85. The highest BCUT2D eigenvalue weighted by atomic mass is 16.5. The number of amides is 1. The summed E-state index contributed by atoms with van der Waals surface area (Å²) in [6.45, 7) is 3.27. The molecule has 0 bridgehead atoms. The Morgan fingerprint density at radius 1 is 1.13 bits per heavy atom. The molecule has 0 atom stereocenters. The number of hydrogen-bond donors (Lipinski definition) is 1. The van der Waals surface area contributed by atoms with E-state index in [1.54, 1.807) is 0 Å². The number of alkyl carbamates (subject to hydrolysis) is 1. The van der Waals surface area contributed by atoms with Crippen molar-refractivity contribution in [2.75, 3.05) is 13.2 Å². The van der Waals surface area contributed by atoms with Crippen LogP contribution in [0.2, 0.25) is 0 Å². The molecule has 0 aliphatic heterocycles. The summed E-state index contributed by atoms with van der Waals surface area (Å²) >= 11 is 0. The Morgan fingerprint density at radius 2 is 1.96 bits per heavy atom. The maximum atomic E-state index is 11.6.